The zero-order chi connectivity index (χ0) is 10.9. The second-order valence-corrected chi connectivity index (χ2v) is 4.08. The third-order valence-corrected chi connectivity index (χ3v) is 2.79. The van der Waals surface area contributed by atoms with Gasteiger partial charge in [-0.1, -0.05) is 6.07 Å². The third-order valence-electron chi connectivity index (χ3n) is 2.53. The average Bonchev–Trinajstić information content (AvgIpc) is 2.09. The van der Waals surface area contributed by atoms with Crippen LogP contribution in [0.5, 0.6) is 5.75 Å². The summed E-state index contributed by atoms with van der Waals surface area (Å²) in [5.41, 5.74) is 10.3. The third kappa shape index (κ3) is 1.88. The Morgan fingerprint density at radius 1 is 1.29 bits per heavy atom. The van der Waals surface area contributed by atoms with E-state index in [1.54, 1.807) is 7.11 Å². The Labute approximate surface area is 90.9 Å². The molecule has 78 valence electrons. The van der Waals surface area contributed by atoms with Crippen molar-refractivity contribution in [2.45, 2.75) is 26.1 Å². The van der Waals surface area contributed by atoms with Gasteiger partial charge in [0.25, 0.3) is 0 Å². The van der Waals surface area contributed by atoms with Gasteiger partial charge < -0.3 is 10.5 Å². The molecule has 1 atom stereocenters. The topological polar surface area (TPSA) is 35.2 Å². The van der Waals surface area contributed by atoms with Crippen LogP contribution in [-0.4, -0.2) is 7.11 Å². The van der Waals surface area contributed by atoms with E-state index in [1.807, 2.05) is 13.8 Å². The maximum atomic E-state index is 5.79. The van der Waals surface area contributed by atoms with E-state index >= 15 is 0 Å². The summed E-state index contributed by atoms with van der Waals surface area (Å²) >= 11 is 4.26. The fraction of sp³-hybridized carbons (Fsp3) is 0.455. The van der Waals surface area contributed by atoms with Crippen molar-refractivity contribution in [3.05, 3.63) is 28.3 Å². The molecule has 1 rings (SSSR count). The number of thiol groups is 1. The molecule has 0 amide bonds. The molecule has 0 heterocycles. The first-order valence-electron chi connectivity index (χ1n) is 4.57. The Bertz CT molecular complexity index is 348. The lowest BCUT2D eigenvalue weighted by Crippen LogP contribution is -2.08. The molecule has 1 unspecified atom stereocenters. The average molecular weight is 211 g/mol. The molecule has 0 aromatic heterocycles. The van der Waals surface area contributed by atoms with Crippen LogP contribution in [0.25, 0.3) is 0 Å². The lowest BCUT2D eigenvalue weighted by molar-refractivity contribution is 0.405. The van der Waals surface area contributed by atoms with Crippen LogP contribution in [-0.2, 0) is 0 Å². The van der Waals surface area contributed by atoms with Crippen LogP contribution in [0.2, 0.25) is 0 Å². The number of ether oxygens (including phenoxy) is 1. The first-order valence-corrected chi connectivity index (χ1v) is 5.09. The summed E-state index contributed by atoms with van der Waals surface area (Å²) < 4.78 is 5.37. The largest absolute Gasteiger partial charge is 0.496 e. The van der Waals surface area contributed by atoms with Gasteiger partial charge in [-0.2, -0.15) is 12.6 Å². The van der Waals surface area contributed by atoms with Gasteiger partial charge in [0.1, 0.15) is 5.75 Å². The van der Waals surface area contributed by atoms with Gasteiger partial charge in [-0.3, -0.25) is 0 Å². The summed E-state index contributed by atoms with van der Waals surface area (Å²) in [5.74, 6) is 0.866. The van der Waals surface area contributed by atoms with Crippen LogP contribution in [0.1, 0.15) is 27.6 Å². The lowest BCUT2D eigenvalue weighted by atomic mass is 9.99. The van der Waals surface area contributed by atoms with Gasteiger partial charge in [0.15, 0.2) is 0 Å². The maximum Gasteiger partial charge on any atom is 0.127 e. The molecule has 14 heavy (non-hydrogen) atoms. The number of benzene rings is 1. The lowest BCUT2D eigenvalue weighted by Gasteiger charge is -2.18. The molecule has 2 nitrogen and oxygen atoms in total. The van der Waals surface area contributed by atoms with E-state index in [-0.39, 0.29) is 5.37 Å². The van der Waals surface area contributed by atoms with Crippen molar-refractivity contribution in [3.63, 3.8) is 0 Å². The zero-order valence-electron chi connectivity index (χ0n) is 9.09. The van der Waals surface area contributed by atoms with Gasteiger partial charge in [0.2, 0.25) is 0 Å². The van der Waals surface area contributed by atoms with E-state index in [1.165, 1.54) is 5.56 Å². The molecule has 0 spiro atoms. The molecule has 3 heteroatoms. The van der Waals surface area contributed by atoms with Gasteiger partial charge in [-0.05, 0) is 37.5 Å². The molecular formula is C11H17NOS. The molecule has 0 aliphatic heterocycles. The van der Waals surface area contributed by atoms with Crippen LogP contribution in [0, 0.1) is 20.8 Å². The molecule has 0 fully saturated rings. The molecule has 0 aliphatic rings. The normalized spacial score (nSPS) is 12.7. The number of rotatable bonds is 2. The highest BCUT2D eigenvalue weighted by Crippen LogP contribution is 2.34. The molecular weight excluding hydrogens is 194 g/mol. The Kier molecular flexibility index (Phi) is 3.45. The second kappa shape index (κ2) is 4.24. The van der Waals surface area contributed by atoms with Gasteiger partial charge in [-0.15, -0.1) is 0 Å². The van der Waals surface area contributed by atoms with Gasteiger partial charge in [0, 0.05) is 5.56 Å². The van der Waals surface area contributed by atoms with Crippen molar-refractivity contribution in [2.75, 3.05) is 7.11 Å². The molecule has 0 radical (unpaired) electrons. The van der Waals surface area contributed by atoms with Crippen LogP contribution in [0.4, 0.5) is 0 Å². The maximum absolute atomic E-state index is 5.79. The number of methoxy groups -OCH3 is 1. The second-order valence-electron chi connectivity index (χ2n) is 3.53. The van der Waals surface area contributed by atoms with Crippen molar-refractivity contribution in [3.8, 4) is 5.75 Å². The zero-order valence-corrected chi connectivity index (χ0v) is 9.98. The number of nitrogens with two attached hydrogens (primary N) is 1. The van der Waals surface area contributed by atoms with Gasteiger partial charge in [0.05, 0.1) is 12.5 Å². The highest BCUT2D eigenvalue weighted by Gasteiger charge is 2.15. The van der Waals surface area contributed by atoms with Gasteiger partial charge in [-0.25, -0.2) is 0 Å². The summed E-state index contributed by atoms with van der Waals surface area (Å²) in [6, 6.07) is 2.11. The van der Waals surface area contributed by atoms with Crippen LogP contribution < -0.4 is 10.5 Å². The Morgan fingerprint density at radius 2 is 1.86 bits per heavy atom. The predicted molar refractivity (Wildman–Crippen MR) is 63.1 cm³/mol. The summed E-state index contributed by atoms with van der Waals surface area (Å²) in [6.07, 6.45) is 0. The molecule has 1 aromatic rings. The summed E-state index contributed by atoms with van der Waals surface area (Å²) in [4.78, 5) is 0. The number of hydrogen-bond acceptors (Lipinski definition) is 3. The smallest absolute Gasteiger partial charge is 0.127 e. The SMILES string of the molecule is COc1c(C)c(C)cc(C)c1C(N)S. The van der Waals surface area contributed by atoms with E-state index in [2.05, 4.69) is 25.6 Å². The minimum absolute atomic E-state index is 0.288. The molecule has 2 N–H and O–H groups in total. The van der Waals surface area contributed by atoms with Crippen molar-refractivity contribution < 1.29 is 4.74 Å². The highest BCUT2D eigenvalue weighted by molar-refractivity contribution is 7.80. The minimum atomic E-state index is -0.288. The monoisotopic (exact) mass is 211 g/mol. The quantitative estimate of drug-likeness (QED) is 0.582. The summed E-state index contributed by atoms with van der Waals surface area (Å²) in [5, 5.41) is -0.288. The van der Waals surface area contributed by atoms with Gasteiger partial charge >= 0.3 is 0 Å². The predicted octanol–water partition coefficient (Wildman–Crippen LogP) is 2.51. The van der Waals surface area contributed by atoms with Crippen molar-refractivity contribution in [2.24, 2.45) is 5.73 Å². The number of hydrogen-bond donors (Lipinski definition) is 2. The van der Waals surface area contributed by atoms with Crippen LogP contribution >= 0.6 is 12.6 Å². The highest BCUT2D eigenvalue weighted by atomic mass is 32.1. The van der Waals surface area contributed by atoms with Crippen molar-refractivity contribution in [1.82, 2.24) is 0 Å². The Morgan fingerprint density at radius 3 is 2.29 bits per heavy atom. The van der Waals surface area contributed by atoms with E-state index in [0.717, 1.165) is 22.4 Å². The van der Waals surface area contributed by atoms with E-state index < -0.39 is 0 Å². The first-order chi connectivity index (χ1) is 6.49. The fourth-order valence-corrected chi connectivity index (χ4v) is 2.02. The summed E-state index contributed by atoms with van der Waals surface area (Å²) in [6.45, 7) is 6.13. The molecule has 0 bridgehead atoms. The first kappa shape index (κ1) is 11.4. The van der Waals surface area contributed by atoms with Crippen molar-refractivity contribution in [1.29, 1.82) is 0 Å². The minimum Gasteiger partial charge on any atom is -0.496 e. The van der Waals surface area contributed by atoms with Crippen LogP contribution in [0.15, 0.2) is 6.07 Å². The standard InChI is InChI=1S/C11H17NOS/c1-6-5-7(2)9(11(12)14)10(13-4)8(6)3/h5,11,14H,12H2,1-4H3. The Balaban J connectivity index is 3.47. The van der Waals surface area contributed by atoms with Crippen molar-refractivity contribution >= 4 is 12.6 Å². The van der Waals surface area contributed by atoms with E-state index in [0.29, 0.717) is 0 Å². The van der Waals surface area contributed by atoms with E-state index in [4.69, 9.17) is 10.5 Å². The molecule has 0 aliphatic carbocycles. The molecule has 1 aromatic carbocycles. The Hall–Kier alpha value is -0.670. The van der Waals surface area contributed by atoms with Crippen LogP contribution in [0.3, 0.4) is 0 Å². The fourth-order valence-electron chi connectivity index (χ4n) is 1.70. The number of aryl methyl sites for hydroxylation is 2. The molecule has 0 saturated heterocycles. The molecule has 0 saturated carbocycles. The summed E-state index contributed by atoms with van der Waals surface area (Å²) in [7, 11) is 1.67. The van der Waals surface area contributed by atoms with E-state index in [9.17, 15) is 0 Å².